The lowest BCUT2D eigenvalue weighted by Gasteiger charge is -2.25. The molecule has 1 nitrogen and oxygen atoms in total. The van der Waals surface area contributed by atoms with E-state index >= 15 is 4.57 Å². The van der Waals surface area contributed by atoms with Gasteiger partial charge in [0.1, 0.15) is 0 Å². The molecule has 0 saturated carbocycles. The Kier molecular flexibility index (Phi) is 4.72. The van der Waals surface area contributed by atoms with Crippen LogP contribution in [-0.4, -0.2) is 0 Å². The zero-order valence-electron chi connectivity index (χ0n) is 22.3. The topological polar surface area (TPSA) is 17.1 Å². The molecule has 0 radical (unpaired) electrons. The van der Waals surface area contributed by atoms with Gasteiger partial charge in [-0.3, -0.25) is 0 Å². The number of allylic oxidation sites excluding steroid dienone is 1. The fourth-order valence-corrected chi connectivity index (χ4v) is 10.3. The molecule has 0 fully saturated rings. The van der Waals surface area contributed by atoms with E-state index in [1.165, 1.54) is 54.2 Å². The second-order valence-electron chi connectivity index (χ2n) is 11.2. The van der Waals surface area contributed by atoms with Crippen LogP contribution in [0.4, 0.5) is 0 Å². The smallest absolute Gasteiger partial charge is 0.172 e. The lowest BCUT2D eigenvalue weighted by atomic mass is 9.94. The average Bonchev–Trinajstić information content (AvgIpc) is 3.23. The van der Waals surface area contributed by atoms with Crippen molar-refractivity contribution in [3.8, 4) is 0 Å². The predicted octanol–water partition coefficient (Wildman–Crippen LogP) is 9.10. The number of benzene rings is 8. The molecule has 0 amide bonds. The summed E-state index contributed by atoms with van der Waals surface area (Å²) in [6.45, 7) is 0. The van der Waals surface area contributed by atoms with Crippen LogP contribution in [0.2, 0.25) is 0 Å². The molecule has 8 aromatic rings. The van der Waals surface area contributed by atoms with Crippen molar-refractivity contribution >= 4 is 83.0 Å². The van der Waals surface area contributed by atoms with Crippen molar-refractivity contribution in [3.63, 3.8) is 0 Å². The second-order valence-corrected chi connectivity index (χ2v) is 13.9. The van der Waals surface area contributed by atoms with Crippen LogP contribution in [-0.2, 0) is 11.0 Å². The third-order valence-corrected chi connectivity index (χ3v) is 12.2. The quantitative estimate of drug-likeness (QED) is 0.161. The minimum Gasteiger partial charge on any atom is -0.309 e. The van der Waals surface area contributed by atoms with Gasteiger partial charge in [0.15, 0.2) is 7.14 Å². The molecule has 41 heavy (non-hydrogen) atoms. The normalized spacial score (nSPS) is 14.4. The van der Waals surface area contributed by atoms with Crippen molar-refractivity contribution in [1.82, 2.24) is 0 Å². The Morgan fingerprint density at radius 1 is 0.463 bits per heavy atom. The molecular weight excluding hydrogens is 515 g/mol. The van der Waals surface area contributed by atoms with E-state index in [1.54, 1.807) is 0 Å². The van der Waals surface area contributed by atoms with E-state index in [2.05, 4.69) is 109 Å². The van der Waals surface area contributed by atoms with Gasteiger partial charge < -0.3 is 4.57 Å². The van der Waals surface area contributed by atoms with Crippen LogP contribution in [0.1, 0.15) is 11.1 Å². The molecule has 0 saturated heterocycles. The van der Waals surface area contributed by atoms with Gasteiger partial charge in [-0.05, 0) is 83.5 Å². The molecule has 8 aromatic carbocycles. The predicted molar refractivity (Wildman–Crippen MR) is 177 cm³/mol. The molecule has 9 rings (SSSR count). The van der Waals surface area contributed by atoms with Crippen LogP contribution in [0, 0.1) is 0 Å². The van der Waals surface area contributed by atoms with Gasteiger partial charge in [-0.15, -0.1) is 0 Å². The summed E-state index contributed by atoms with van der Waals surface area (Å²) in [5.41, 5.74) is 2.51. The standard InChI is InChI=1S/C39H25OP/c40-41(31-13-2-1-3-14-31,35-24-20-30-16-15-26-9-6-11-28-18-22-33(35)39(30)37(26)28)34-23-19-29-12-5-8-25-7-4-10-27-17-21-32(34)38(29)36(25)27/h1-11,13-24H,12H2. The highest BCUT2D eigenvalue weighted by Crippen LogP contribution is 2.49. The van der Waals surface area contributed by atoms with Crippen molar-refractivity contribution in [2.24, 2.45) is 0 Å². The molecule has 0 bridgehead atoms. The maximum atomic E-state index is 16.2. The zero-order valence-corrected chi connectivity index (χ0v) is 23.2. The Balaban J connectivity index is 1.46. The lowest BCUT2D eigenvalue weighted by molar-refractivity contribution is 0.593. The molecule has 2 heteroatoms. The molecule has 0 heterocycles. The van der Waals surface area contributed by atoms with E-state index in [4.69, 9.17) is 0 Å². The highest BCUT2D eigenvalue weighted by Gasteiger charge is 2.34. The summed E-state index contributed by atoms with van der Waals surface area (Å²) >= 11 is 0. The van der Waals surface area contributed by atoms with Gasteiger partial charge in [-0.25, -0.2) is 0 Å². The van der Waals surface area contributed by atoms with E-state index in [1.807, 2.05) is 30.3 Å². The van der Waals surface area contributed by atoms with Crippen LogP contribution >= 0.6 is 7.14 Å². The first-order chi connectivity index (χ1) is 20.2. The first kappa shape index (κ1) is 23.0. The van der Waals surface area contributed by atoms with Gasteiger partial charge in [0.05, 0.1) is 0 Å². The minimum atomic E-state index is -3.30. The molecule has 1 aliphatic carbocycles. The van der Waals surface area contributed by atoms with E-state index in [0.29, 0.717) is 0 Å². The summed E-state index contributed by atoms with van der Waals surface area (Å²) in [6, 6.07) is 44.9. The Bertz CT molecular complexity index is 2400. The molecule has 1 aliphatic rings. The molecule has 0 aliphatic heterocycles. The van der Waals surface area contributed by atoms with Crippen molar-refractivity contribution in [3.05, 3.63) is 145 Å². The van der Waals surface area contributed by atoms with E-state index < -0.39 is 7.14 Å². The highest BCUT2D eigenvalue weighted by atomic mass is 31.2. The number of rotatable bonds is 3. The average molecular weight is 541 g/mol. The van der Waals surface area contributed by atoms with Crippen LogP contribution in [0.25, 0.3) is 59.9 Å². The summed E-state index contributed by atoms with van der Waals surface area (Å²) in [5.74, 6) is 0. The summed E-state index contributed by atoms with van der Waals surface area (Å²) in [6.07, 6.45) is 5.35. The van der Waals surface area contributed by atoms with Gasteiger partial charge in [0.25, 0.3) is 0 Å². The molecular formula is C39H25OP. The monoisotopic (exact) mass is 540 g/mol. The number of hydrogen-bond donors (Lipinski definition) is 0. The van der Waals surface area contributed by atoms with E-state index in [-0.39, 0.29) is 0 Å². The summed E-state index contributed by atoms with van der Waals surface area (Å²) in [7, 11) is -3.30. The Hall–Kier alpha value is -4.71. The Morgan fingerprint density at radius 3 is 1.80 bits per heavy atom. The SMILES string of the molecule is O=P(c1ccccc1)(c1ccc2c3c1ccc1cccc(c13)C=CC2)c1ccc2ccc3cccc4ccc1c2c34. The van der Waals surface area contributed by atoms with Gasteiger partial charge in [0.2, 0.25) is 0 Å². The summed E-state index contributed by atoms with van der Waals surface area (Å²) < 4.78 is 16.2. The molecule has 192 valence electrons. The summed E-state index contributed by atoms with van der Waals surface area (Å²) in [5, 5.41) is 14.6. The molecule has 0 spiro atoms. The van der Waals surface area contributed by atoms with Crippen LogP contribution in [0.5, 0.6) is 0 Å². The molecule has 0 N–H and O–H groups in total. The van der Waals surface area contributed by atoms with Crippen LogP contribution in [0.15, 0.2) is 133 Å². The minimum absolute atomic E-state index is 0.860. The summed E-state index contributed by atoms with van der Waals surface area (Å²) in [4.78, 5) is 0. The maximum absolute atomic E-state index is 16.2. The van der Waals surface area contributed by atoms with Crippen molar-refractivity contribution in [2.45, 2.75) is 6.42 Å². The van der Waals surface area contributed by atoms with Crippen molar-refractivity contribution < 1.29 is 4.57 Å². The largest absolute Gasteiger partial charge is 0.309 e. The van der Waals surface area contributed by atoms with E-state index in [0.717, 1.165) is 33.1 Å². The van der Waals surface area contributed by atoms with Gasteiger partial charge in [0, 0.05) is 15.9 Å². The molecule has 1 atom stereocenters. The first-order valence-electron chi connectivity index (χ1n) is 14.2. The van der Waals surface area contributed by atoms with Crippen LogP contribution < -0.4 is 15.9 Å². The van der Waals surface area contributed by atoms with E-state index in [9.17, 15) is 0 Å². The maximum Gasteiger partial charge on any atom is 0.172 e. The van der Waals surface area contributed by atoms with Crippen molar-refractivity contribution in [1.29, 1.82) is 0 Å². The first-order valence-corrected chi connectivity index (χ1v) is 15.9. The van der Waals surface area contributed by atoms with Gasteiger partial charge in [-0.2, -0.15) is 0 Å². The second kappa shape index (κ2) is 8.40. The third kappa shape index (κ3) is 3.10. The third-order valence-electron chi connectivity index (χ3n) is 9.06. The number of hydrogen-bond acceptors (Lipinski definition) is 1. The van der Waals surface area contributed by atoms with Gasteiger partial charge >= 0.3 is 0 Å². The Morgan fingerprint density at radius 2 is 1.05 bits per heavy atom. The lowest BCUT2D eigenvalue weighted by Crippen LogP contribution is -2.26. The zero-order chi connectivity index (χ0) is 27.1. The highest BCUT2D eigenvalue weighted by molar-refractivity contribution is 7.86. The van der Waals surface area contributed by atoms with Gasteiger partial charge in [-0.1, -0.05) is 127 Å². The van der Waals surface area contributed by atoms with Crippen LogP contribution in [0.3, 0.4) is 0 Å². The Labute approximate surface area is 238 Å². The fraction of sp³-hybridized carbons (Fsp3) is 0.0256. The molecule has 1 unspecified atom stereocenters. The fourth-order valence-electron chi connectivity index (χ4n) is 7.24. The molecule has 0 aromatic heterocycles. The van der Waals surface area contributed by atoms with Crippen molar-refractivity contribution in [2.75, 3.05) is 0 Å².